The Balaban J connectivity index is 1.41. The molecule has 0 aliphatic carbocycles. The van der Waals surface area contributed by atoms with Crippen LogP contribution in [0.25, 0.3) is 0 Å². The SMILES string of the molecule is O=C(Cn1nc(N2CCN(c3cccc(Cl)c3)CC2)ccc1=O)Nc1ccccc1F. The number of hydrogen-bond acceptors (Lipinski definition) is 5. The second kappa shape index (κ2) is 9.18. The standard InChI is InChI=1S/C22H21ClFN5O2/c23-16-4-3-5-17(14-16)27-10-12-28(13-11-27)20-8-9-22(31)29(26-20)15-21(30)25-19-7-2-1-6-18(19)24/h1-9,14H,10-13,15H2,(H,25,30). The molecule has 160 valence electrons. The number of para-hydroxylation sites is 1. The van der Waals surface area contributed by atoms with Crippen LogP contribution in [-0.4, -0.2) is 41.9 Å². The fraction of sp³-hybridized carbons (Fsp3) is 0.227. The Hall–Kier alpha value is -3.39. The molecule has 2 aromatic carbocycles. The number of rotatable bonds is 5. The van der Waals surface area contributed by atoms with Crippen molar-refractivity contribution in [1.82, 2.24) is 9.78 Å². The first-order valence-corrected chi connectivity index (χ1v) is 10.3. The fourth-order valence-electron chi connectivity index (χ4n) is 3.47. The number of hydrogen-bond donors (Lipinski definition) is 1. The quantitative estimate of drug-likeness (QED) is 0.659. The number of nitrogens with one attached hydrogen (secondary N) is 1. The van der Waals surface area contributed by atoms with Crippen LogP contribution in [0.3, 0.4) is 0 Å². The van der Waals surface area contributed by atoms with Gasteiger partial charge < -0.3 is 15.1 Å². The number of anilines is 3. The highest BCUT2D eigenvalue weighted by molar-refractivity contribution is 6.30. The number of carbonyl (C=O) groups excluding carboxylic acids is 1. The lowest BCUT2D eigenvalue weighted by Gasteiger charge is -2.36. The molecule has 1 amide bonds. The van der Waals surface area contributed by atoms with Crippen LogP contribution in [0.5, 0.6) is 0 Å². The van der Waals surface area contributed by atoms with Gasteiger partial charge in [0.05, 0.1) is 5.69 Å². The predicted molar refractivity (Wildman–Crippen MR) is 119 cm³/mol. The maximum Gasteiger partial charge on any atom is 0.267 e. The Morgan fingerprint density at radius 2 is 1.74 bits per heavy atom. The highest BCUT2D eigenvalue weighted by Gasteiger charge is 2.19. The van der Waals surface area contributed by atoms with Crippen LogP contribution in [0.1, 0.15) is 0 Å². The fourth-order valence-corrected chi connectivity index (χ4v) is 3.66. The largest absolute Gasteiger partial charge is 0.368 e. The molecule has 1 aliphatic heterocycles. The molecule has 1 fully saturated rings. The zero-order valence-electron chi connectivity index (χ0n) is 16.7. The lowest BCUT2D eigenvalue weighted by Crippen LogP contribution is -2.47. The Labute approximate surface area is 183 Å². The average Bonchev–Trinajstić information content (AvgIpc) is 2.77. The number of halogens is 2. The zero-order valence-corrected chi connectivity index (χ0v) is 17.4. The van der Waals surface area contributed by atoms with Gasteiger partial charge >= 0.3 is 0 Å². The maximum atomic E-state index is 13.7. The van der Waals surface area contributed by atoms with E-state index in [1.807, 2.05) is 24.3 Å². The van der Waals surface area contributed by atoms with E-state index in [2.05, 4.69) is 20.2 Å². The second-order valence-electron chi connectivity index (χ2n) is 7.17. The van der Waals surface area contributed by atoms with E-state index in [1.165, 1.54) is 24.3 Å². The van der Waals surface area contributed by atoms with Gasteiger partial charge in [-0.15, -0.1) is 0 Å². The third-order valence-electron chi connectivity index (χ3n) is 5.07. The molecule has 1 N–H and O–H groups in total. The number of aromatic nitrogens is 2. The molecule has 3 aromatic rings. The van der Waals surface area contributed by atoms with Gasteiger partial charge in [-0.1, -0.05) is 29.8 Å². The van der Waals surface area contributed by atoms with Gasteiger partial charge in [-0.2, -0.15) is 5.10 Å². The first kappa shape index (κ1) is 20.9. The molecule has 1 saturated heterocycles. The van der Waals surface area contributed by atoms with Crippen LogP contribution in [0.4, 0.5) is 21.6 Å². The normalized spacial score (nSPS) is 13.9. The number of piperazine rings is 1. The molecule has 31 heavy (non-hydrogen) atoms. The van der Waals surface area contributed by atoms with Gasteiger partial charge in [0.1, 0.15) is 18.2 Å². The molecule has 9 heteroatoms. The van der Waals surface area contributed by atoms with Crippen LogP contribution in [-0.2, 0) is 11.3 Å². The zero-order chi connectivity index (χ0) is 21.8. The second-order valence-corrected chi connectivity index (χ2v) is 7.61. The van der Waals surface area contributed by atoms with E-state index in [9.17, 15) is 14.0 Å². The molecule has 1 aliphatic rings. The van der Waals surface area contributed by atoms with Crippen molar-refractivity contribution in [2.24, 2.45) is 0 Å². The third kappa shape index (κ3) is 5.03. The van der Waals surface area contributed by atoms with E-state index in [0.29, 0.717) is 23.9 Å². The summed E-state index contributed by atoms with van der Waals surface area (Å²) in [5.74, 6) is -0.450. The molecule has 0 bridgehead atoms. The minimum Gasteiger partial charge on any atom is -0.368 e. The lowest BCUT2D eigenvalue weighted by atomic mass is 10.2. The van der Waals surface area contributed by atoms with Gasteiger partial charge in [0.25, 0.3) is 5.56 Å². The molecule has 0 radical (unpaired) electrons. The highest BCUT2D eigenvalue weighted by Crippen LogP contribution is 2.22. The number of carbonyl (C=O) groups is 1. The van der Waals surface area contributed by atoms with E-state index < -0.39 is 17.3 Å². The molecule has 0 unspecified atom stereocenters. The summed E-state index contributed by atoms with van der Waals surface area (Å²) < 4.78 is 14.8. The van der Waals surface area contributed by atoms with Gasteiger partial charge in [-0.25, -0.2) is 9.07 Å². The Morgan fingerprint density at radius 3 is 2.48 bits per heavy atom. The van der Waals surface area contributed by atoms with Crippen molar-refractivity contribution in [3.05, 3.63) is 81.9 Å². The van der Waals surface area contributed by atoms with Crippen molar-refractivity contribution in [3.8, 4) is 0 Å². The van der Waals surface area contributed by atoms with E-state index >= 15 is 0 Å². The van der Waals surface area contributed by atoms with Crippen molar-refractivity contribution in [1.29, 1.82) is 0 Å². The topological polar surface area (TPSA) is 70.5 Å². The van der Waals surface area contributed by atoms with Gasteiger partial charge in [0.15, 0.2) is 0 Å². The minimum absolute atomic E-state index is 0.0637. The average molecular weight is 442 g/mol. The molecule has 0 saturated carbocycles. The number of nitrogens with zero attached hydrogens (tertiary/aromatic N) is 4. The van der Waals surface area contributed by atoms with Gasteiger partial charge in [-0.05, 0) is 36.4 Å². The first-order chi connectivity index (χ1) is 15.0. The summed E-state index contributed by atoms with van der Waals surface area (Å²) in [6.45, 7) is 2.66. The van der Waals surface area contributed by atoms with Gasteiger partial charge in [0, 0.05) is 43.0 Å². The van der Waals surface area contributed by atoms with Gasteiger partial charge in [-0.3, -0.25) is 9.59 Å². The van der Waals surface area contributed by atoms with Crippen molar-refractivity contribution in [3.63, 3.8) is 0 Å². The molecule has 2 heterocycles. The van der Waals surface area contributed by atoms with Crippen LogP contribution in [0.15, 0.2) is 65.5 Å². The first-order valence-electron chi connectivity index (χ1n) is 9.87. The molecule has 0 atom stereocenters. The summed E-state index contributed by atoms with van der Waals surface area (Å²) in [6.07, 6.45) is 0. The summed E-state index contributed by atoms with van der Waals surface area (Å²) in [5, 5.41) is 7.51. The number of amides is 1. The predicted octanol–water partition coefficient (Wildman–Crippen LogP) is 3.00. The van der Waals surface area contributed by atoms with Crippen LogP contribution in [0, 0.1) is 5.82 Å². The summed E-state index contributed by atoms with van der Waals surface area (Å²) in [5.41, 5.74) is 0.730. The molecular formula is C22H21ClFN5O2. The Morgan fingerprint density at radius 1 is 1.00 bits per heavy atom. The smallest absolute Gasteiger partial charge is 0.267 e. The molecular weight excluding hydrogens is 421 g/mol. The van der Waals surface area contributed by atoms with Crippen LogP contribution in [0.2, 0.25) is 5.02 Å². The van der Waals surface area contributed by atoms with Crippen molar-refractivity contribution in [2.45, 2.75) is 6.54 Å². The lowest BCUT2D eigenvalue weighted by molar-refractivity contribution is -0.117. The van der Waals surface area contributed by atoms with Crippen molar-refractivity contribution in [2.75, 3.05) is 41.3 Å². The summed E-state index contributed by atoms with van der Waals surface area (Å²) in [7, 11) is 0. The maximum absolute atomic E-state index is 13.7. The number of benzene rings is 2. The molecule has 0 spiro atoms. The Kier molecular flexibility index (Phi) is 6.18. The summed E-state index contributed by atoms with van der Waals surface area (Å²) in [6, 6.07) is 16.6. The van der Waals surface area contributed by atoms with Crippen LogP contribution < -0.4 is 20.7 Å². The van der Waals surface area contributed by atoms with E-state index in [-0.39, 0.29) is 12.2 Å². The van der Waals surface area contributed by atoms with Crippen LogP contribution >= 0.6 is 11.6 Å². The van der Waals surface area contributed by atoms with E-state index in [4.69, 9.17) is 11.6 Å². The highest BCUT2D eigenvalue weighted by atomic mass is 35.5. The van der Waals surface area contributed by atoms with E-state index in [0.717, 1.165) is 23.5 Å². The van der Waals surface area contributed by atoms with E-state index in [1.54, 1.807) is 12.1 Å². The molecule has 4 rings (SSSR count). The summed E-state index contributed by atoms with van der Waals surface area (Å²) in [4.78, 5) is 28.8. The van der Waals surface area contributed by atoms with Gasteiger partial charge in [0.2, 0.25) is 5.91 Å². The summed E-state index contributed by atoms with van der Waals surface area (Å²) >= 11 is 6.09. The van der Waals surface area contributed by atoms with Crippen molar-refractivity contribution < 1.29 is 9.18 Å². The van der Waals surface area contributed by atoms with Crippen molar-refractivity contribution >= 4 is 34.7 Å². The molecule has 1 aromatic heterocycles. The Bertz CT molecular complexity index is 1140. The minimum atomic E-state index is -0.539. The molecule has 7 nitrogen and oxygen atoms in total. The third-order valence-corrected chi connectivity index (χ3v) is 5.31. The monoisotopic (exact) mass is 441 g/mol.